The number of hydrogen-bond donors (Lipinski definition) is 1. The number of nitrogens with zero attached hydrogens (tertiary/aromatic N) is 1. The van der Waals surface area contributed by atoms with Gasteiger partial charge < -0.3 is 15.0 Å². The van der Waals surface area contributed by atoms with E-state index in [1.165, 1.54) is 64.6 Å². The molecular formula is C15H30N2O. The number of methoxy groups -OCH3 is 1. The fourth-order valence-corrected chi connectivity index (χ4v) is 3.56. The number of rotatable bonds is 5. The molecule has 0 aromatic carbocycles. The largest absolute Gasteiger partial charge is 0.380 e. The van der Waals surface area contributed by atoms with Gasteiger partial charge in [-0.1, -0.05) is 6.92 Å². The monoisotopic (exact) mass is 254 g/mol. The molecule has 2 rings (SSSR count). The lowest BCUT2D eigenvalue weighted by atomic mass is 10.1. The highest BCUT2D eigenvalue weighted by molar-refractivity contribution is 4.87. The summed E-state index contributed by atoms with van der Waals surface area (Å²) < 4.78 is 5.58. The van der Waals surface area contributed by atoms with Crippen molar-refractivity contribution in [2.45, 2.75) is 70.1 Å². The van der Waals surface area contributed by atoms with E-state index >= 15 is 0 Å². The zero-order valence-electron chi connectivity index (χ0n) is 12.2. The van der Waals surface area contributed by atoms with Crippen LogP contribution in [-0.4, -0.2) is 49.8 Å². The molecule has 0 aromatic heterocycles. The van der Waals surface area contributed by atoms with Crippen LogP contribution in [0.4, 0.5) is 0 Å². The molecule has 3 unspecified atom stereocenters. The summed E-state index contributed by atoms with van der Waals surface area (Å²) in [6.45, 7) is 6.12. The van der Waals surface area contributed by atoms with E-state index < -0.39 is 0 Å². The van der Waals surface area contributed by atoms with Gasteiger partial charge in [-0.05, 0) is 64.6 Å². The van der Waals surface area contributed by atoms with Crippen LogP contribution in [0.2, 0.25) is 0 Å². The molecule has 2 fully saturated rings. The van der Waals surface area contributed by atoms with E-state index in [-0.39, 0.29) is 0 Å². The summed E-state index contributed by atoms with van der Waals surface area (Å²) in [5, 5.41) is 3.87. The second-order valence-corrected chi connectivity index (χ2v) is 5.95. The predicted molar refractivity (Wildman–Crippen MR) is 75.9 cm³/mol. The van der Waals surface area contributed by atoms with Gasteiger partial charge in [0.1, 0.15) is 0 Å². The maximum Gasteiger partial charge on any atom is 0.0724 e. The molecule has 2 aliphatic rings. The summed E-state index contributed by atoms with van der Waals surface area (Å²) in [7, 11) is 1.86. The van der Waals surface area contributed by atoms with Crippen LogP contribution in [0.15, 0.2) is 0 Å². The summed E-state index contributed by atoms with van der Waals surface area (Å²) in [4.78, 5) is 2.63. The quantitative estimate of drug-likeness (QED) is 0.815. The van der Waals surface area contributed by atoms with Crippen LogP contribution in [0.25, 0.3) is 0 Å². The minimum Gasteiger partial charge on any atom is -0.380 e. The molecule has 0 aromatic rings. The molecule has 0 radical (unpaired) electrons. The molecule has 1 aliphatic heterocycles. The van der Waals surface area contributed by atoms with Crippen molar-refractivity contribution >= 4 is 0 Å². The average Bonchev–Trinajstić information content (AvgIpc) is 2.71. The number of likely N-dealkylation sites (tertiary alicyclic amines) is 1. The third-order valence-corrected chi connectivity index (χ3v) is 4.57. The van der Waals surface area contributed by atoms with Crippen LogP contribution >= 0.6 is 0 Å². The van der Waals surface area contributed by atoms with Crippen molar-refractivity contribution in [1.29, 1.82) is 0 Å². The molecule has 0 spiro atoms. The lowest BCUT2D eigenvalue weighted by molar-refractivity contribution is 0.0804. The van der Waals surface area contributed by atoms with Gasteiger partial charge in [-0.15, -0.1) is 0 Å². The van der Waals surface area contributed by atoms with Gasteiger partial charge in [0.15, 0.2) is 0 Å². The minimum absolute atomic E-state index is 0.458. The molecule has 106 valence electrons. The fourth-order valence-electron chi connectivity index (χ4n) is 3.56. The Morgan fingerprint density at radius 2 is 2.00 bits per heavy atom. The normalized spacial score (nSPS) is 34.7. The summed E-state index contributed by atoms with van der Waals surface area (Å²) >= 11 is 0. The van der Waals surface area contributed by atoms with E-state index in [4.69, 9.17) is 4.74 Å². The number of ether oxygens (including phenoxy) is 1. The molecule has 1 saturated heterocycles. The molecule has 0 bridgehead atoms. The van der Waals surface area contributed by atoms with E-state index in [2.05, 4.69) is 17.1 Å². The van der Waals surface area contributed by atoms with Gasteiger partial charge in [0, 0.05) is 19.2 Å². The van der Waals surface area contributed by atoms with Crippen molar-refractivity contribution in [3.8, 4) is 0 Å². The van der Waals surface area contributed by atoms with Gasteiger partial charge >= 0.3 is 0 Å². The summed E-state index contributed by atoms with van der Waals surface area (Å²) in [5.41, 5.74) is 0. The third kappa shape index (κ3) is 3.94. The van der Waals surface area contributed by atoms with Gasteiger partial charge in [0.25, 0.3) is 0 Å². The molecule has 3 heteroatoms. The van der Waals surface area contributed by atoms with Crippen LogP contribution in [0.1, 0.15) is 51.9 Å². The van der Waals surface area contributed by atoms with E-state index in [9.17, 15) is 0 Å². The second kappa shape index (κ2) is 7.46. The van der Waals surface area contributed by atoms with E-state index in [0.29, 0.717) is 18.2 Å². The van der Waals surface area contributed by atoms with Crippen molar-refractivity contribution in [3.63, 3.8) is 0 Å². The molecular weight excluding hydrogens is 224 g/mol. The number of hydrogen-bond acceptors (Lipinski definition) is 3. The molecule has 3 nitrogen and oxygen atoms in total. The van der Waals surface area contributed by atoms with Crippen molar-refractivity contribution in [2.24, 2.45) is 0 Å². The standard InChI is InChI=1S/C15H30N2O/c1-3-10-17-11-5-6-13(9-12-17)16-14-7-4-8-15(14)18-2/h13-16H,3-12H2,1-2H3. The van der Waals surface area contributed by atoms with Crippen LogP contribution in [0.3, 0.4) is 0 Å². The topological polar surface area (TPSA) is 24.5 Å². The predicted octanol–water partition coefficient (Wildman–Crippen LogP) is 2.41. The maximum absolute atomic E-state index is 5.58. The Morgan fingerprint density at radius 1 is 1.11 bits per heavy atom. The first-order valence-electron chi connectivity index (χ1n) is 7.84. The van der Waals surface area contributed by atoms with Crippen molar-refractivity contribution in [2.75, 3.05) is 26.7 Å². The maximum atomic E-state index is 5.58. The summed E-state index contributed by atoms with van der Waals surface area (Å²) in [6, 6.07) is 1.32. The smallest absolute Gasteiger partial charge is 0.0724 e. The fraction of sp³-hybridized carbons (Fsp3) is 1.00. The van der Waals surface area contributed by atoms with Crippen LogP contribution in [0, 0.1) is 0 Å². The van der Waals surface area contributed by atoms with Gasteiger partial charge in [0.2, 0.25) is 0 Å². The lowest BCUT2D eigenvalue weighted by Crippen LogP contribution is -2.43. The lowest BCUT2D eigenvalue weighted by Gasteiger charge is -2.26. The van der Waals surface area contributed by atoms with Crippen molar-refractivity contribution < 1.29 is 4.74 Å². The zero-order chi connectivity index (χ0) is 12.8. The van der Waals surface area contributed by atoms with Crippen molar-refractivity contribution in [1.82, 2.24) is 10.2 Å². The Kier molecular flexibility index (Phi) is 5.93. The van der Waals surface area contributed by atoms with E-state index in [1.54, 1.807) is 0 Å². The second-order valence-electron chi connectivity index (χ2n) is 5.95. The van der Waals surface area contributed by atoms with Crippen LogP contribution < -0.4 is 5.32 Å². The highest BCUT2D eigenvalue weighted by atomic mass is 16.5. The molecule has 1 aliphatic carbocycles. The summed E-state index contributed by atoms with van der Waals surface area (Å²) in [6.07, 6.45) is 9.61. The highest BCUT2D eigenvalue weighted by Gasteiger charge is 2.29. The van der Waals surface area contributed by atoms with Gasteiger partial charge in [-0.2, -0.15) is 0 Å². The van der Waals surface area contributed by atoms with E-state index in [0.717, 1.165) is 0 Å². The first-order chi connectivity index (χ1) is 8.83. The van der Waals surface area contributed by atoms with E-state index in [1.807, 2.05) is 7.11 Å². The van der Waals surface area contributed by atoms with Gasteiger partial charge in [-0.3, -0.25) is 0 Å². The molecule has 1 saturated carbocycles. The average molecular weight is 254 g/mol. The Balaban J connectivity index is 1.76. The Hall–Kier alpha value is -0.120. The third-order valence-electron chi connectivity index (χ3n) is 4.57. The molecule has 1 heterocycles. The molecule has 1 N–H and O–H groups in total. The number of nitrogens with one attached hydrogen (secondary N) is 1. The Bertz CT molecular complexity index is 235. The highest BCUT2D eigenvalue weighted by Crippen LogP contribution is 2.23. The molecule has 18 heavy (non-hydrogen) atoms. The first kappa shape index (κ1) is 14.3. The van der Waals surface area contributed by atoms with Gasteiger partial charge in [0.05, 0.1) is 6.10 Å². The molecule has 3 atom stereocenters. The zero-order valence-corrected chi connectivity index (χ0v) is 12.2. The Morgan fingerprint density at radius 3 is 2.78 bits per heavy atom. The SMILES string of the molecule is CCCN1CCCC(NC2CCCC2OC)CC1. The van der Waals surface area contributed by atoms with Crippen LogP contribution in [0.5, 0.6) is 0 Å². The minimum atomic E-state index is 0.458. The van der Waals surface area contributed by atoms with Crippen LogP contribution in [-0.2, 0) is 4.74 Å². The summed E-state index contributed by atoms with van der Waals surface area (Å²) in [5.74, 6) is 0. The van der Waals surface area contributed by atoms with Crippen molar-refractivity contribution in [3.05, 3.63) is 0 Å². The molecule has 0 amide bonds. The Labute approximate surface area is 112 Å². The van der Waals surface area contributed by atoms with Gasteiger partial charge in [-0.25, -0.2) is 0 Å². The first-order valence-corrected chi connectivity index (χ1v) is 7.84.